The van der Waals surface area contributed by atoms with Crippen molar-refractivity contribution in [3.8, 4) is 22.5 Å². The van der Waals surface area contributed by atoms with E-state index >= 15 is 0 Å². The molecule has 1 unspecified atom stereocenters. The molecule has 0 saturated carbocycles. The van der Waals surface area contributed by atoms with Crippen LogP contribution in [0, 0.1) is 0 Å². The maximum Gasteiger partial charge on any atom is 0.412 e. The van der Waals surface area contributed by atoms with Crippen molar-refractivity contribution in [1.82, 2.24) is 4.98 Å². The summed E-state index contributed by atoms with van der Waals surface area (Å²) in [6, 6.07) is 28.2. The van der Waals surface area contributed by atoms with Crippen molar-refractivity contribution < 1.29 is 23.8 Å². The molecular formula is C30H24N2O5. The summed E-state index contributed by atoms with van der Waals surface area (Å²) in [6.07, 6.45) is 0.595. The lowest BCUT2D eigenvalue weighted by Gasteiger charge is -2.14. The van der Waals surface area contributed by atoms with Gasteiger partial charge in [0.2, 0.25) is 5.71 Å². The number of aromatic nitrogens is 1. The SMILES string of the molecule is CC(OC(=O)Nc1c(-c2ccc(-c3ccc(CC(=O)O)cc3)cc2)oc2ncccc12)c1ccccc1. The second kappa shape index (κ2) is 10.4. The second-order valence-corrected chi connectivity index (χ2v) is 8.59. The van der Waals surface area contributed by atoms with Gasteiger partial charge >= 0.3 is 12.1 Å². The topological polar surface area (TPSA) is 102 Å². The first kappa shape index (κ1) is 23.8. The van der Waals surface area contributed by atoms with E-state index in [1.807, 2.05) is 91.9 Å². The molecule has 0 saturated heterocycles. The number of nitrogens with zero attached hydrogens (tertiary/aromatic N) is 1. The highest BCUT2D eigenvalue weighted by Gasteiger charge is 2.21. The number of ether oxygens (including phenoxy) is 1. The molecule has 1 amide bonds. The third-order valence-corrected chi connectivity index (χ3v) is 6.04. The van der Waals surface area contributed by atoms with Crippen LogP contribution in [-0.4, -0.2) is 22.2 Å². The number of carboxylic acids is 1. The highest BCUT2D eigenvalue weighted by atomic mass is 16.6. The summed E-state index contributed by atoms with van der Waals surface area (Å²) < 4.78 is 11.6. The molecule has 2 N–H and O–H groups in total. The third kappa shape index (κ3) is 5.36. The zero-order valence-electron chi connectivity index (χ0n) is 20.0. The van der Waals surface area contributed by atoms with Crippen LogP contribution in [0.25, 0.3) is 33.6 Å². The van der Waals surface area contributed by atoms with E-state index < -0.39 is 18.2 Å². The first-order valence-corrected chi connectivity index (χ1v) is 11.8. The molecule has 0 radical (unpaired) electrons. The fourth-order valence-electron chi connectivity index (χ4n) is 4.15. The number of carboxylic acid groups (broad SMARTS) is 1. The Hall–Kier alpha value is -4.91. The Labute approximate surface area is 213 Å². The van der Waals surface area contributed by atoms with Crippen LogP contribution in [0.3, 0.4) is 0 Å². The van der Waals surface area contributed by atoms with Crippen molar-refractivity contribution in [2.24, 2.45) is 0 Å². The summed E-state index contributed by atoms with van der Waals surface area (Å²) in [5, 5.41) is 12.5. The molecule has 37 heavy (non-hydrogen) atoms. The minimum atomic E-state index is -0.861. The maximum atomic E-state index is 12.8. The van der Waals surface area contributed by atoms with Gasteiger partial charge in [0.05, 0.1) is 11.8 Å². The van der Waals surface area contributed by atoms with E-state index in [1.165, 1.54) is 0 Å². The first-order chi connectivity index (χ1) is 18.0. The van der Waals surface area contributed by atoms with E-state index in [-0.39, 0.29) is 6.42 Å². The van der Waals surface area contributed by atoms with Crippen molar-refractivity contribution in [3.05, 3.63) is 108 Å². The quantitative estimate of drug-likeness (QED) is 0.251. The lowest BCUT2D eigenvalue weighted by atomic mass is 10.0. The van der Waals surface area contributed by atoms with Crippen LogP contribution in [-0.2, 0) is 16.0 Å². The van der Waals surface area contributed by atoms with E-state index in [2.05, 4.69) is 10.3 Å². The largest absolute Gasteiger partial charge is 0.481 e. The van der Waals surface area contributed by atoms with Crippen LogP contribution >= 0.6 is 0 Å². The van der Waals surface area contributed by atoms with Crippen LogP contribution in [0.1, 0.15) is 24.2 Å². The Bertz CT molecular complexity index is 1540. The lowest BCUT2D eigenvalue weighted by Crippen LogP contribution is -2.16. The van der Waals surface area contributed by atoms with E-state index in [0.29, 0.717) is 22.5 Å². The predicted molar refractivity (Wildman–Crippen MR) is 141 cm³/mol. The zero-order chi connectivity index (χ0) is 25.8. The Morgan fingerprint density at radius 2 is 1.54 bits per heavy atom. The molecule has 3 aromatic carbocycles. The number of benzene rings is 3. The lowest BCUT2D eigenvalue weighted by molar-refractivity contribution is -0.136. The first-order valence-electron chi connectivity index (χ1n) is 11.8. The highest BCUT2D eigenvalue weighted by molar-refractivity contribution is 6.03. The monoisotopic (exact) mass is 492 g/mol. The van der Waals surface area contributed by atoms with Gasteiger partial charge in [-0.3, -0.25) is 10.1 Å². The maximum absolute atomic E-state index is 12.8. The van der Waals surface area contributed by atoms with Crippen molar-refractivity contribution in [2.75, 3.05) is 5.32 Å². The van der Waals surface area contributed by atoms with E-state index in [9.17, 15) is 9.59 Å². The minimum Gasteiger partial charge on any atom is -0.481 e. The molecule has 0 fully saturated rings. The zero-order valence-corrected chi connectivity index (χ0v) is 20.0. The van der Waals surface area contributed by atoms with Crippen LogP contribution in [0.15, 0.2) is 102 Å². The van der Waals surface area contributed by atoms with E-state index in [4.69, 9.17) is 14.3 Å². The van der Waals surface area contributed by atoms with Gasteiger partial charge in [-0.25, -0.2) is 9.78 Å². The Balaban J connectivity index is 1.40. The summed E-state index contributed by atoms with van der Waals surface area (Å²) in [6.45, 7) is 1.82. The molecule has 7 nitrogen and oxygen atoms in total. The number of pyridine rings is 1. The number of carbonyl (C=O) groups excluding carboxylic acids is 1. The average molecular weight is 493 g/mol. The van der Waals surface area contributed by atoms with Crippen molar-refractivity contribution in [2.45, 2.75) is 19.4 Å². The number of hydrogen-bond acceptors (Lipinski definition) is 5. The molecule has 0 aliphatic rings. The van der Waals surface area contributed by atoms with Gasteiger partial charge in [-0.15, -0.1) is 0 Å². The fourth-order valence-corrected chi connectivity index (χ4v) is 4.15. The molecule has 0 aliphatic heterocycles. The van der Waals surface area contributed by atoms with E-state index in [1.54, 1.807) is 12.3 Å². The molecule has 184 valence electrons. The summed E-state index contributed by atoms with van der Waals surface area (Å²) >= 11 is 0. The van der Waals surface area contributed by atoms with Gasteiger partial charge in [0.1, 0.15) is 11.8 Å². The van der Waals surface area contributed by atoms with Crippen LogP contribution in [0.4, 0.5) is 10.5 Å². The molecule has 7 heteroatoms. The Morgan fingerprint density at radius 3 is 2.22 bits per heavy atom. The smallest absolute Gasteiger partial charge is 0.412 e. The fraction of sp³-hybridized carbons (Fsp3) is 0.100. The summed E-state index contributed by atoms with van der Waals surface area (Å²) in [7, 11) is 0. The predicted octanol–water partition coefficient (Wildman–Crippen LogP) is 7.10. The molecule has 0 aliphatic carbocycles. The molecule has 0 bridgehead atoms. The summed E-state index contributed by atoms with van der Waals surface area (Å²) in [4.78, 5) is 28.0. The number of amides is 1. The van der Waals surface area contributed by atoms with Gasteiger partial charge < -0.3 is 14.3 Å². The molecule has 1 atom stereocenters. The summed E-state index contributed by atoms with van der Waals surface area (Å²) in [5.41, 5.74) is 5.21. The van der Waals surface area contributed by atoms with Gasteiger partial charge in [0, 0.05) is 11.8 Å². The molecule has 5 rings (SSSR count). The summed E-state index contributed by atoms with van der Waals surface area (Å²) in [5.74, 6) is -0.387. The Morgan fingerprint density at radius 1 is 0.892 bits per heavy atom. The average Bonchev–Trinajstić information content (AvgIpc) is 3.27. The number of aliphatic carboxylic acids is 1. The minimum absolute atomic E-state index is 0.0123. The van der Waals surface area contributed by atoms with E-state index in [0.717, 1.165) is 27.8 Å². The highest BCUT2D eigenvalue weighted by Crippen LogP contribution is 2.38. The number of anilines is 1. The molecule has 2 heterocycles. The van der Waals surface area contributed by atoms with Crippen LogP contribution in [0.5, 0.6) is 0 Å². The normalized spacial score (nSPS) is 11.7. The van der Waals surface area contributed by atoms with Gasteiger partial charge in [-0.1, -0.05) is 78.9 Å². The number of rotatable bonds is 7. The molecule has 2 aromatic heterocycles. The van der Waals surface area contributed by atoms with Crippen LogP contribution in [0.2, 0.25) is 0 Å². The van der Waals surface area contributed by atoms with Crippen LogP contribution < -0.4 is 5.32 Å². The standard InChI is InChI=1S/C30H24N2O5/c1-19(21-6-3-2-4-7-21)36-30(35)32-27-25-8-5-17-31-29(25)37-28(27)24-15-13-23(14-16-24)22-11-9-20(10-12-22)18-26(33)34/h2-17,19H,18H2,1H3,(H,32,35)(H,33,34). The third-order valence-electron chi connectivity index (χ3n) is 6.04. The van der Waals surface area contributed by atoms with Gasteiger partial charge in [0.15, 0.2) is 5.76 Å². The molecule has 0 spiro atoms. The molecule has 5 aromatic rings. The number of carbonyl (C=O) groups is 2. The number of nitrogens with one attached hydrogen (secondary N) is 1. The van der Waals surface area contributed by atoms with Gasteiger partial charge in [-0.2, -0.15) is 0 Å². The number of fused-ring (bicyclic) bond motifs is 1. The molecular weight excluding hydrogens is 468 g/mol. The number of hydrogen-bond donors (Lipinski definition) is 2. The van der Waals surface area contributed by atoms with Crippen molar-refractivity contribution in [1.29, 1.82) is 0 Å². The van der Waals surface area contributed by atoms with Gasteiger partial charge in [-0.05, 0) is 41.3 Å². The van der Waals surface area contributed by atoms with Gasteiger partial charge in [0.25, 0.3) is 0 Å². The Kier molecular flexibility index (Phi) is 6.68. The van der Waals surface area contributed by atoms with Crippen molar-refractivity contribution in [3.63, 3.8) is 0 Å². The second-order valence-electron chi connectivity index (χ2n) is 8.59. The van der Waals surface area contributed by atoms with Crippen molar-refractivity contribution >= 4 is 28.8 Å². The number of furan rings is 1.